The average Bonchev–Trinajstić information content (AvgIpc) is 2.93. The maximum Gasteiger partial charge on any atom is 0.115 e. The van der Waals surface area contributed by atoms with Crippen LogP contribution in [0.25, 0.3) is 46.8 Å². The van der Waals surface area contributed by atoms with E-state index in [9.17, 15) is 10.2 Å². The van der Waals surface area contributed by atoms with E-state index in [0.29, 0.717) is 22.8 Å². The first kappa shape index (κ1) is 22.8. The Hall–Kier alpha value is -4.96. The number of hydrogen-bond acceptors (Lipinski definition) is 4. The van der Waals surface area contributed by atoms with Crippen LogP contribution in [0.15, 0.2) is 109 Å². The standard InChI is InChI=1S/C32H24N2O2/c35-27-17-13-25(14-18-27)31-29(21-11-23-7-3-1-4-8-23)33-32(26-15-19-28(36)20-16-26)30(34-31)22-12-24-9-5-2-6-10-24/h1-22,35-36H. The van der Waals surface area contributed by atoms with Crippen molar-refractivity contribution in [3.05, 3.63) is 132 Å². The predicted molar refractivity (Wildman–Crippen MR) is 147 cm³/mol. The Labute approximate surface area is 210 Å². The van der Waals surface area contributed by atoms with Crippen LogP contribution >= 0.6 is 0 Å². The fourth-order valence-electron chi connectivity index (χ4n) is 3.84. The molecule has 0 saturated heterocycles. The molecule has 174 valence electrons. The van der Waals surface area contributed by atoms with Crippen molar-refractivity contribution < 1.29 is 10.2 Å². The van der Waals surface area contributed by atoms with Gasteiger partial charge in [0.15, 0.2) is 0 Å². The molecule has 0 amide bonds. The third-order valence-corrected chi connectivity index (χ3v) is 5.70. The Kier molecular flexibility index (Phi) is 6.68. The first-order chi connectivity index (χ1) is 17.7. The lowest BCUT2D eigenvalue weighted by Gasteiger charge is -2.12. The van der Waals surface area contributed by atoms with E-state index in [1.165, 1.54) is 0 Å². The highest BCUT2D eigenvalue weighted by atomic mass is 16.3. The van der Waals surface area contributed by atoms with Crippen molar-refractivity contribution in [1.82, 2.24) is 9.97 Å². The van der Waals surface area contributed by atoms with Gasteiger partial charge in [-0.25, -0.2) is 9.97 Å². The fraction of sp³-hybridized carbons (Fsp3) is 0. The molecular weight excluding hydrogens is 444 g/mol. The van der Waals surface area contributed by atoms with Crippen LogP contribution in [0.3, 0.4) is 0 Å². The monoisotopic (exact) mass is 468 g/mol. The van der Waals surface area contributed by atoms with Crippen molar-refractivity contribution in [2.75, 3.05) is 0 Å². The van der Waals surface area contributed by atoms with E-state index in [0.717, 1.165) is 22.3 Å². The molecule has 0 spiro atoms. The molecule has 0 aliphatic carbocycles. The lowest BCUT2D eigenvalue weighted by atomic mass is 10.0. The van der Waals surface area contributed by atoms with Gasteiger partial charge in [0.05, 0.1) is 22.8 Å². The highest BCUT2D eigenvalue weighted by Crippen LogP contribution is 2.31. The maximum atomic E-state index is 9.82. The second kappa shape index (κ2) is 10.5. The van der Waals surface area contributed by atoms with Crippen molar-refractivity contribution in [2.45, 2.75) is 0 Å². The molecule has 0 atom stereocenters. The molecule has 0 radical (unpaired) electrons. The van der Waals surface area contributed by atoms with Crippen molar-refractivity contribution in [3.63, 3.8) is 0 Å². The predicted octanol–water partition coefficient (Wildman–Crippen LogP) is 7.56. The number of hydrogen-bond donors (Lipinski definition) is 2. The highest BCUT2D eigenvalue weighted by Gasteiger charge is 2.14. The molecule has 0 unspecified atom stereocenters. The Morgan fingerprint density at radius 1 is 0.417 bits per heavy atom. The van der Waals surface area contributed by atoms with Gasteiger partial charge in [0, 0.05) is 11.1 Å². The summed E-state index contributed by atoms with van der Waals surface area (Å²) in [5, 5.41) is 19.6. The van der Waals surface area contributed by atoms with E-state index in [-0.39, 0.29) is 11.5 Å². The molecule has 5 aromatic rings. The lowest BCUT2D eigenvalue weighted by molar-refractivity contribution is 0.475. The lowest BCUT2D eigenvalue weighted by Crippen LogP contribution is -2.00. The van der Waals surface area contributed by atoms with Gasteiger partial charge in [-0.1, -0.05) is 72.8 Å². The first-order valence-electron chi connectivity index (χ1n) is 11.6. The van der Waals surface area contributed by atoms with E-state index >= 15 is 0 Å². The van der Waals surface area contributed by atoms with Crippen molar-refractivity contribution in [3.8, 4) is 34.0 Å². The van der Waals surface area contributed by atoms with Gasteiger partial charge in [0.2, 0.25) is 0 Å². The van der Waals surface area contributed by atoms with Crippen LogP contribution in [0.2, 0.25) is 0 Å². The van der Waals surface area contributed by atoms with Crippen molar-refractivity contribution >= 4 is 24.3 Å². The smallest absolute Gasteiger partial charge is 0.115 e. The van der Waals surface area contributed by atoms with Crippen LogP contribution in [0, 0.1) is 0 Å². The van der Waals surface area contributed by atoms with Gasteiger partial charge in [-0.05, 0) is 71.8 Å². The Morgan fingerprint density at radius 2 is 0.778 bits per heavy atom. The molecule has 0 fully saturated rings. The number of benzene rings is 4. The Bertz CT molecular complexity index is 1390. The van der Waals surface area contributed by atoms with E-state index in [1.54, 1.807) is 24.3 Å². The topological polar surface area (TPSA) is 66.2 Å². The number of rotatable bonds is 6. The normalized spacial score (nSPS) is 11.3. The molecule has 0 bridgehead atoms. The number of phenolic OH excluding ortho intramolecular Hbond substituents is 2. The van der Waals surface area contributed by atoms with Gasteiger partial charge in [-0.15, -0.1) is 0 Å². The summed E-state index contributed by atoms with van der Waals surface area (Å²) in [4.78, 5) is 10.1. The first-order valence-corrected chi connectivity index (χ1v) is 11.6. The molecule has 1 heterocycles. The third-order valence-electron chi connectivity index (χ3n) is 5.70. The Balaban J connectivity index is 1.70. The summed E-state index contributed by atoms with van der Waals surface area (Å²) in [6, 6.07) is 34.0. The molecule has 0 saturated carbocycles. The summed E-state index contributed by atoms with van der Waals surface area (Å²) < 4.78 is 0. The van der Waals surface area contributed by atoms with E-state index < -0.39 is 0 Å². The molecule has 4 heteroatoms. The van der Waals surface area contributed by atoms with Crippen LogP contribution in [0.5, 0.6) is 11.5 Å². The summed E-state index contributed by atoms with van der Waals surface area (Å²) in [7, 11) is 0. The molecule has 5 rings (SSSR count). The maximum absolute atomic E-state index is 9.82. The van der Waals surface area contributed by atoms with E-state index in [1.807, 2.05) is 109 Å². The summed E-state index contributed by atoms with van der Waals surface area (Å²) in [5.74, 6) is 0.385. The van der Waals surface area contributed by atoms with Gasteiger partial charge in [0.1, 0.15) is 11.5 Å². The molecule has 2 N–H and O–H groups in total. The summed E-state index contributed by atoms with van der Waals surface area (Å²) in [6.07, 6.45) is 7.93. The van der Waals surface area contributed by atoms with Crippen LogP contribution in [-0.2, 0) is 0 Å². The SMILES string of the molecule is Oc1ccc(-c2nc(C=Cc3ccccc3)c(-c3ccc(O)cc3)nc2C=Cc2ccccc2)cc1. The van der Waals surface area contributed by atoms with Crippen LogP contribution < -0.4 is 0 Å². The molecular formula is C32H24N2O2. The third kappa shape index (κ3) is 5.40. The van der Waals surface area contributed by atoms with E-state index in [4.69, 9.17) is 9.97 Å². The van der Waals surface area contributed by atoms with Crippen molar-refractivity contribution in [2.24, 2.45) is 0 Å². The second-order valence-corrected chi connectivity index (χ2v) is 8.27. The molecule has 0 aliphatic heterocycles. The number of nitrogens with zero attached hydrogens (tertiary/aromatic N) is 2. The largest absolute Gasteiger partial charge is 0.508 e. The molecule has 1 aromatic heterocycles. The highest BCUT2D eigenvalue weighted by molar-refractivity contribution is 5.83. The molecule has 0 aliphatic rings. The van der Waals surface area contributed by atoms with Crippen molar-refractivity contribution in [1.29, 1.82) is 0 Å². The van der Waals surface area contributed by atoms with Gasteiger partial charge in [-0.3, -0.25) is 0 Å². The second-order valence-electron chi connectivity index (χ2n) is 8.27. The molecule has 4 aromatic carbocycles. The zero-order valence-electron chi connectivity index (χ0n) is 19.5. The van der Waals surface area contributed by atoms with E-state index in [2.05, 4.69) is 0 Å². The minimum Gasteiger partial charge on any atom is -0.508 e. The van der Waals surface area contributed by atoms with Gasteiger partial charge in [0.25, 0.3) is 0 Å². The van der Waals surface area contributed by atoms with Gasteiger partial charge >= 0.3 is 0 Å². The fourth-order valence-corrected chi connectivity index (χ4v) is 3.84. The summed E-state index contributed by atoms with van der Waals surface area (Å²) in [5.41, 5.74) is 6.61. The van der Waals surface area contributed by atoms with Crippen LogP contribution in [0.1, 0.15) is 22.5 Å². The minimum atomic E-state index is 0.193. The average molecular weight is 469 g/mol. The summed E-state index contributed by atoms with van der Waals surface area (Å²) in [6.45, 7) is 0. The zero-order valence-corrected chi connectivity index (χ0v) is 19.5. The summed E-state index contributed by atoms with van der Waals surface area (Å²) >= 11 is 0. The molecule has 36 heavy (non-hydrogen) atoms. The van der Waals surface area contributed by atoms with Crippen LogP contribution in [-0.4, -0.2) is 20.2 Å². The minimum absolute atomic E-state index is 0.193. The quantitative estimate of drug-likeness (QED) is 0.270. The number of phenols is 2. The van der Waals surface area contributed by atoms with Gasteiger partial charge in [-0.2, -0.15) is 0 Å². The number of aromatic nitrogens is 2. The Morgan fingerprint density at radius 3 is 1.14 bits per heavy atom. The van der Waals surface area contributed by atoms with Gasteiger partial charge < -0.3 is 10.2 Å². The van der Waals surface area contributed by atoms with Crippen LogP contribution in [0.4, 0.5) is 0 Å². The molecule has 4 nitrogen and oxygen atoms in total. The number of aromatic hydroxyl groups is 2. The zero-order chi connectivity index (χ0) is 24.7.